The van der Waals surface area contributed by atoms with Gasteiger partial charge in [-0.1, -0.05) is 15.9 Å². The molecule has 1 aliphatic rings. The Kier molecular flexibility index (Phi) is 6.30. The van der Waals surface area contributed by atoms with E-state index >= 15 is 0 Å². The lowest BCUT2D eigenvalue weighted by molar-refractivity contribution is -0.138. The highest BCUT2D eigenvalue weighted by Gasteiger charge is 2.38. The van der Waals surface area contributed by atoms with E-state index in [1.165, 1.54) is 10.4 Å². The topological polar surface area (TPSA) is 63.4 Å². The molecule has 2 rings (SSSR count). The largest absolute Gasteiger partial charge is 0.417 e. The van der Waals surface area contributed by atoms with E-state index in [2.05, 4.69) is 15.9 Å². The van der Waals surface area contributed by atoms with Crippen LogP contribution >= 0.6 is 28.3 Å². The highest BCUT2D eigenvalue weighted by Crippen LogP contribution is 2.37. The summed E-state index contributed by atoms with van der Waals surface area (Å²) in [5.74, 6) is 0. The number of nitrogens with zero attached hydrogens (tertiary/aromatic N) is 1. The normalized spacial score (nSPS) is 20.0. The smallest absolute Gasteiger partial charge is 0.329 e. The maximum atomic E-state index is 12.9. The van der Waals surface area contributed by atoms with E-state index in [1.54, 1.807) is 0 Å². The average Bonchev–Trinajstić information content (AvgIpc) is 2.86. The zero-order valence-electron chi connectivity index (χ0n) is 11.3. The summed E-state index contributed by atoms with van der Waals surface area (Å²) in [6, 6.07) is 2.57. The van der Waals surface area contributed by atoms with E-state index in [0.717, 1.165) is 6.07 Å². The Morgan fingerprint density at radius 1 is 1.36 bits per heavy atom. The van der Waals surface area contributed by atoms with Gasteiger partial charge < -0.3 is 5.73 Å². The van der Waals surface area contributed by atoms with E-state index in [1.807, 2.05) is 0 Å². The molecule has 1 heterocycles. The summed E-state index contributed by atoms with van der Waals surface area (Å²) in [6.07, 6.45) is -3.34. The van der Waals surface area contributed by atoms with E-state index in [0.29, 0.717) is 18.9 Å². The number of hydrogen-bond donors (Lipinski definition) is 1. The van der Waals surface area contributed by atoms with Gasteiger partial charge in [0, 0.05) is 23.6 Å². The molecule has 10 heteroatoms. The van der Waals surface area contributed by atoms with Crippen LogP contribution in [0, 0.1) is 0 Å². The molecular weight excluding hydrogens is 409 g/mol. The van der Waals surface area contributed by atoms with Gasteiger partial charge in [0.05, 0.1) is 10.5 Å². The monoisotopic (exact) mass is 422 g/mol. The van der Waals surface area contributed by atoms with E-state index in [4.69, 9.17) is 5.73 Å². The van der Waals surface area contributed by atoms with Crippen LogP contribution < -0.4 is 5.73 Å². The first kappa shape index (κ1) is 19.7. The molecule has 1 saturated heterocycles. The van der Waals surface area contributed by atoms with Gasteiger partial charge in [-0.15, -0.1) is 12.4 Å². The second kappa shape index (κ2) is 7.04. The minimum atomic E-state index is -4.62. The minimum absolute atomic E-state index is 0. The number of hydrogen-bond acceptors (Lipinski definition) is 3. The molecule has 4 nitrogen and oxygen atoms in total. The summed E-state index contributed by atoms with van der Waals surface area (Å²) in [5, 5.41) is 0. The van der Waals surface area contributed by atoms with Gasteiger partial charge in [-0.2, -0.15) is 17.5 Å². The summed E-state index contributed by atoms with van der Waals surface area (Å²) in [7, 11) is -3.97. The fourth-order valence-corrected chi connectivity index (χ4v) is 4.58. The van der Waals surface area contributed by atoms with Crippen molar-refractivity contribution in [3.05, 3.63) is 28.2 Å². The quantitative estimate of drug-likeness (QED) is 0.813. The molecule has 1 aliphatic heterocycles. The first-order valence-electron chi connectivity index (χ1n) is 6.26. The standard InChI is InChI=1S/C12H14BrF3N2O2S.ClH/c13-11-4-3-9(6-10(11)12(14,15)16)21(19,20)18-5-1-2-8(18)7-17;/h3-4,6,8H,1-2,5,7,17H2;1H. The van der Waals surface area contributed by atoms with Gasteiger partial charge in [-0.05, 0) is 31.0 Å². The van der Waals surface area contributed by atoms with Gasteiger partial charge in [0.15, 0.2) is 0 Å². The highest BCUT2D eigenvalue weighted by atomic mass is 79.9. The highest BCUT2D eigenvalue weighted by molar-refractivity contribution is 9.10. The van der Waals surface area contributed by atoms with Crippen LogP contribution in [0.25, 0.3) is 0 Å². The van der Waals surface area contributed by atoms with Gasteiger partial charge in [0.2, 0.25) is 10.0 Å². The molecule has 22 heavy (non-hydrogen) atoms. The van der Waals surface area contributed by atoms with Crippen molar-refractivity contribution in [2.75, 3.05) is 13.1 Å². The first-order chi connectivity index (χ1) is 9.67. The molecule has 1 atom stereocenters. The van der Waals surface area contributed by atoms with Gasteiger partial charge in [0.25, 0.3) is 0 Å². The Morgan fingerprint density at radius 3 is 2.55 bits per heavy atom. The predicted octanol–water partition coefficient (Wildman–Crippen LogP) is 3.00. The molecule has 0 spiro atoms. The predicted molar refractivity (Wildman–Crippen MR) is 82.4 cm³/mol. The van der Waals surface area contributed by atoms with Gasteiger partial charge >= 0.3 is 6.18 Å². The molecule has 2 N–H and O–H groups in total. The van der Waals surface area contributed by atoms with Crippen LogP contribution in [0.1, 0.15) is 18.4 Å². The summed E-state index contributed by atoms with van der Waals surface area (Å²) in [5.41, 5.74) is 4.52. The molecule has 126 valence electrons. The van der Waals surface area contributed by atoms with E-state index in [9.17, 15) is 21.6 Å². The Labute approximate surface area is 141 Å². The second-order valence-corrected chi connectivity index (χ2v) is 7.53. The third-order valence-corrected chi connectivity index (χ3v) is 6.08. The molecule has 0 radical (unpaired) electrons. The van der Waals surface area contributed by atoms with Crippen molar-refractivity contribution in [3.63, 3.8) is 0 Å². The zero-order chi connectivity index (χ0) is 15.8. The Balaban J connectivity index is 0.00000242. The third kappa shape index (κ3) is 3.76. The van der Waals surface area contributed by atoms with Gasteiger partial charge in [0.1, 0.15) is 0 Å². The fraction of sp³-hybridized carbons (Fsp3) is 0.500. The maximum absolute atomic E-state index is 12.9. The lowest BCUT2D eigenvalue weighted by Crippen LogP contribution is -2.39. The fourth-order valence-electron chi connectivity index (χ4n) is 2.38. The molecule has 0 aromatic heterocycles. The molecular formula is C12H15BrClF3N2O2S. The summed E-state index contributed by atoms with van der Waals surface area (Å²) < 4.78 is 64.6. The van der Waals surface area contributed by atoms with Crippen molar-refractivity contribution in [2.24, 2.45) is 5.73 Å². The Bertz CT molecular complexity index is 640. The van der Waals surface area contributed by atoms with Crippen molar-refractivity contribution in [1.29, 1.82) is 0 Å². The average molecular weight is 424 g/mol. The number of sulfonamides is 1. The van der Waals surface area contributed by atoms with Crippen LogP contribution in [-0.4, -0.2) is 31.9 Å². The maximum Gasteiger partial charge on any atom is 0.417 e. The Hall–Kier alpha value is -0.350. The van der Waals surface area contributed by atoms with Crippen molar-refractivity contribution in [1.82, 2.24) is 4.31 Å². The number of alkyl halides is 3. The van der Waals surface area contributed by atoms with Crippen LogP contribution in [0.3, 0.4) is 0 Å². The van der Waals surface area contributed by atoms with Crippen molar-refractivity contribution < 1.29 is 21.6 Å². The molecule has 0 amide bonds. The van der Waals surface area contributed by atoms with Gasteiger partial charge in [-0.25, -0.2) is 8.42 Å². The molecule has 1 unspecified atom stereocenters. The van der Waals surface area contributed by atoms with Crippen molar-refractivity contribution in [3.8, 4) is 0 Å². The SMILES string of the molecule is Cl.NCC1CCCN1S(=O)(=O)c1ccc(Br)c(C(F)(F)F)c1. The molecule has 0 aliphatic carbocycles. The number of halogens is 5. The number of benzene rings is 1. The number of nitrogens with two attached hydrogens (primary N) is 1. The van der Waals surface area contributed by atoms with Crippen molar-refractivity contribution in [2.45, 2.75) is 30.0 Å². The first-order valence-corrected chi connectivity index (χ1v) is 8.50. The summed E-state index contributed by atoms with van der Waals surface area (Å²) >= 11 is 2.79. The lowest BCUT2D eigenvalue weighted by Gasteiger charge is -2.23. The van der Waals surface area contributed by atoms with Crippen LogP contribution in [0.15, 0.2) is 27.6 Å². The van der Waals surface area contributed by atoms with Crippen molar-refractivity contribution >= 4 is 38.4 Å². The third-order valence-electron chi connectivity index (χ3n) is 3.45. The molecule has 0 saturated carbocycles. The van der Waals surface area contributed by atoms with Crippen LogP contribution in [0.4, 0.5) is 13.2 Å². The summed E-state index contributed by atoms with van der Waals surface area (Å²) in [6.45, 7) is 0.434. The van der Waals surface area contributed by atoms with Gasteiger partial charge in [-0.3, -0.25) is 0 Å². The molecule has 0 bridgehead atoms. The van der Waals surface area contributed by atoms with Crippen LogP contribution in [0.2, 0.25) is 0 Å². The zero-order valence-corrected chi connectivity index (χ0v) is 14.5. The van der Waals surface area contributed by atoms with Crippen LogP contribution in [0.5, 0.6) is 0 Å². The molecule has 1 aromatic rings. The number of rotatable bonds is 3. The van der Waals surface area contributed by atoms with E-state index in [-0.39, 0.29) is 40.9 Å². The van der Waals surface area contributed by atoms with Crippen LogP contribution in [-0.2, 0) is 16.2 Å². The second-order valence-electron chi connectivity index (χ2n) is 4.79. The van der Waals surface area contributed by atoms with E-state index < -0.39 is 21.8 Å². The lowest BCUT2D eigenvalue weighted by atomic mass is 10.2. The minimum Gasteiger partial charge on any atom is -0.329 e. The Morgan fingerprint density at radius 2 is 2.00 bits per heavy atom. The molecule has 1 aromatic carbocycles. The molecule has 1 fully saturated rings. The summed E-state index contributed by atoms with van der Waals surface area (Å²) in [4.78, 5) is -0.363.